The molecule has 224 valence electrons. The van der Waals surface area contributed by atoms with E-state index in [-0.39, 0.29) is 17.7 Å². The van der Waals surface area contributed by atoms with Crippen molar-refractivity contribution >= 4 is 34.6 Å². The van der Waals surface area contributed by atoms with Crippen LogP contribution in [0.2, 0.25) is 0 Å². The first-order chi connectivity index (χ1) is 20.9. The SMILES string of the molecule is CCN(CC)C(=O)C1(c2ccccc2)CCN(C(=O)c2cc3c(NCCNC(C)=O)nc(-c4ccccc4)nc3[nH]2)CC1. The number of piperidine rings is 1. The molecule has 5 rings (SSSR count). The maximum atomic E-state index is 13.8. The molecular formula is C33H39N7O3. The quantitative estimate of drug-likeness (QED) is 0.241. The number of aromatic nitrogens is 3. The molecule has 43 heavy (non-hydrogen) atoms. The van der Waals surface area contributed by atoms with E-state index in [1.165, 1.54) is 6.92 Å². The van der Waals surface area contributed by atoms with Crippen LogP contribution >= 0.6 is 0 Å². The Morgan fingerprint density at radius 3 is 2.21 bits per heavy atom. The largest absolute Gasteiger partial charge is 0.368 e. The molecule has 3 N–H and O–H groups in total. The van der Waals surface area contributed by atoms with E-state index in [2.05, 4.69) is 15.6 Å². The van der Waals surface area contributed by atoms with E-state index in [0.717, 1.165) is 11.1 Å². The standard InChI is InChI=1S/C33H39N7O3/c1-4-39(5-2)32(43)33(25-14-10-7-11-15-25)16-20-40(21-17-33)31(42)27-22-26-29(35-19-18-34-23(3)41)37-28(38-30(26)36-27)24-12-8-6-9-13-24/h6-15,22H,4-5,16-21H2,1-3H3,(H,34,41)(H2,35,36,37,38). The first-order valence-corrected chi connectivity index (χ1v) is 14.9. The third kappa shape index (κ3) is 6.23. The number of H-pyrrole nitrogens is 1. The molecule has 3 heterocycles. The minimum Gasteiger partial charge on any atom is -0.368 e. The molecule has 1 aliphatic heterocycles. The number of likely N-dealkylation sites (tertiary alicyclic amines) is 1. The van der Waals surface area contributed by atoms with Crippen LogP contribution in [0.25, 0.3) is 22.4 Å². The zero-order chi connectivity index (χ0) is 30.4. The van der Waals surface area contributed by atoms with Gasteiger partial charge < -0.3 is 25.4 Å². The number of carbonyl (C=O) groups excluding carboxylic acids is 3. The Balaban J connectivity index is 1.41. The summed E-state index contributed by atoms with van der Waals surface area (Å²) in [7, 11) is 0. The summed E-state index contributed by atoms with van der Waals surface area (Å²) in [6.45, 7) is 8.59. The third-order valence-corrected chi connectivity index (χ3v) is 8.23. The molecule has 4 aromatic rings. The number of nitrogens with zero attached hydrogens (tertiary/aromatic N) is 4. The monoisotopic (exact) mass is 581 g/mol. The molecule has 10 nitrogen and oxygen atoms in total. The molecule has 2 aromatic heterocycles. The molecule has 1 saturated heterocycles. The Labute approximate surface area is 251 Å². The highest BCUT2D eigenvalue weighted by molar-refractivity contribution is 6.00. The van der Waals surface area contributed by atoms with Gasteiger partial charge in [0.15, 0.2) is 5.82 Å². The van der Waals surface area contributed by atoms with Crippen molar-refractivity contribution in [2.45, 2.75) is 39.0 Å². The zero-order valence-electron chi connectivity index (χ0n) is 25.0. The van der Waals surface area contributed by atoms with Crippen molar-refractivity contribution in [2.75, 3.05) is 44.6 Å². The number of hydrogen-bond acceptors (Lipinski definition) is 6. The lowest BCUT2D eigenvalue weighted by Gasteiger charge is -2.43. The van der Waals surface area contributed by atoms with Gasteiger partial charge in [0.05, 0.1) is 10.8 Å². The van der Waals surface area contributed by atoms with Gasteiger partial charge in [0.2, 0.25) is 11.8 Å². The Bertz CT molecular complexity index is 1570. The molecule has 2 aromatic carbocycles. The van der Waals surface area contributed by atoms with Crippen molar-refractivity contribution in [3.05, 3.63) is 78.0 Å². The van der Waals surface area contributed by atoms with Crippen molar-refractivity contribution in [2.24, 2.45) is 0 Å². The molecule has 0 spiro atoms. The molecule has 0 atom stereocenters. The summed E-state index contributed by atoms with van der Waals surface area (Å²) in [6.07, 6.45) is 1.10. The van der Waals surface area contributed by atoms with Crippen molar-refractivity contribution in [1.29, 1.82) is 0 Å². The smallest absolute Gasteiger partial charge is 0.270 e. The van der Waals surface area contributed by atoms with Gasteiger partial charge in [-0.3, -0.25) is 14.4 Å². The van der Waals surface area contributed by atoms with Gasteiger partial charge in [0.25, 0.3) is 5.91 Å². The summed E-state index contributed by atoms with van der Waals surface area (Å²) < 4.78 is 0. The number of carbonyl (C=O) groups is 3. The van der Waals surface area contributed by atoms with Gasteiger partial charge in [-0.1, -0.05) is 60.7 Å². The van der Waals surface area contributed by atoms with Crippen molar-refractivity contribution < 1.29 is 14.4 Å². The Hall–Kier alpha value is -4.73. The molecular weight excluding hydrogens is 542 g/mol. The normalized spacial score (nSPS) is 14.3. The van der Waals surface area contributed by atoms with E-state index in [0.29, 0.717) is 80.5 Å². The molecule has 3 amide bonds. The molecule has 0 saturated carbocycles. The molecule has 0 bridgehead atoms. The molecule has 0 radical (unpaired) electrons. The number of anilines is 1. The number of nitrogens with one attached hydrogen (secondary N) is 3. The number of aromatic amines is 1. The number of fused-ring (bicyclic) bond motifs is 1. The highest BCUT2D eigenvalue weighted by atomic mass is 16.2. The summed E-state index contributed by atoms with van der Waals surface area (Å²) in [6, 6.07) is 21.4. The highest BCUT2D eigenvalue weighted by Gasteiger charge is 2.45. The predicted molar refractivity (Wildman–Crippen MR) is 168 cm³/mol. The van der Waals surface area contributed by atoms with Gasteiger partial charge in [0.1, 0.15) is 17.2 Å². The molecule has 1 fully saturated rings. The van der Waals surface area contributed by atoms with Crippen LogP contribution in [-0.4, -0.2) is 81.7 Å². The van der Waals surface area contributed by atoms with E-state index in [4.69, 9.17) is 9.97 Å². The van der Waals surface area contributed by atoms with E-state index >= 15 is 0 Å². The van der Waals surface area contributed by atoms with Gasteiger partial charge in [-0.25, -0.2) is 9.97 Å². The fraction of sp³-hybridized carbons (Fsp3) is 0.364. The van der Waals surface area contributed by atoms with Crippen LogP contribution < -0.4 is 10.6 Å². The topological polar surface area (TPSA) is 123 Å². The van der Waals surface area contributed by atoms with E-state index in [1.54, 1.807) is 6.07 Å². The first kappa shape index (κ1) is 29.8. The minimum atomic E-state index is -0.661. The van der Waals surface area contributed by atoms with Gasteiger partial charge in [-0.05, 0) is 38.3 Å². The fourth-order valence-corrected chi connectivity index (χ4v) is 5.85. The number of amides is 3. The lowest BCUT2D eigenvalue weighted by molar-refractivity contribution is -0.139. The lowest BCUT2D eigenvalue weighted by atomic mass is 9.71. The summed E-state index contributed by atoms with van der Waals surface area (Å²) in [5.74, 6) is 0.985. The summed E-state index contributed by atoms with van der Waals surface area (Å²) >= 11 is 0. The van der Waals surface area contributed by atoms with Gasteiger partial charge in [0, 0.05) is 51.8 Å². The van der Waals surface area contributed by atoms with Crippen molar-refractivity contribution in [3.8, 4) is 11.4 Å². The van der Waals surface area contributed by atoms with Crippen LogP contribution in [0.5, 0.6) is 0 Å². The van der Waals surface area contributed by atoms with Crippen LogP contribution in [0.3, 0.4) is 0 Å². The van der Waals surface area contributed by atoms with Gasteiger partial charge in [-0.2, -0.15) is 0 Å². The summed E-state index contributed by atoms with van der Waals surface area (Å²) in [5.41, 5.74) is 2.16. The second kappa shape index (κ2) is 13.1. The molecule has 10 heteroatoms. The van der Waals surface area contributed by atoms with Gasteiger partial charge in [-0.15, -0.1) is 0 Å². The molecule has 0 aliphatic carbocycles. The second-order valence-corrected chi connectivity index (χ2v) is 10.8. The van der Waals surface area contributed by atoms with Crippen LogP contribution in [0.15, 0.2) is 66.7 Å². The Kier molecular flexibility index (Phi) is 9.04. The maximum Gasteiger partial charge on any atom is 0.270 e. The molecule has 0 unspecified atom stereocenters. The average molecular weight is 582 g/mol. The fourth-order valence-electron chi connectivity index (χ4n) is 5.85. The number of hydrogen-bond donors (Lipinski definition) is 3. The van der Waals surface area contributed by atoms with Crippen LogP contribution in [0, 0.1) is 0 Å². The highest BCUT2D eigenvalue weighted by Crippen LogP contribution is 2.38. The van der Waals surface area contributed by atoms with Crippen LogP contribution in [0.1, 0.15) is 49.7 Å². The average Bonchev–Trinajstić information content (AvgIpc) is 3.48. The second-order valence-electron chi connectivity index (χ2n) is 10.8. The summed E-state index contributed by atoms with van der Waals surface area (Å²) in [4.78, 5) is 55.4. The number of benzene rings is 2. The zero-order valence-corrected chi connectivity index (χ0v) is 25.0. The Morgan fingerprint density at radius 2 is 1.58 bits per heavy atom. The maximum absolute atomic E-state index is 13.8. The van der Waals surface area contributed by atoms with Gasteiger partial charge >= 0.3 is 0 Å². The lowest BCUT2D eigenvalue weighted by Crippen LogP contribution is -2.54. The van der Waals surface area contributed by atoms with E-state index in [1.807, 2.05) is 84.3 Å². The summed E-state index contributed by atoms with van der Waals surface area (Å²) in [5, 5.41) is 6.76. The first-order valence-electron chi connectivity index (χ1n) is 14.9. The van der Waals surface area contributed by atoms with E-state index in [9.17, 15) is 14.4 Å². The number of likely N-dealkylation sites (N-methyl/N-ethyl adjacent to an activating group) is 1. The van der Waals surface area contributed by atoms with E-state index < -0.39 is 5.41 Å². The minimum absolute atomic E-state index is 0.106. The van der Waals surface area contributed by atoms with Crippen LogP contribution in [-0.2, 0) is 15.0 Å². The Morgan fingerprint density at radius 1 is 0.930 bits per heavy atom. The molecule has 1 aliphatic rings. The predicted octanol–water partition coefficient (Wildman–Crippen LogP) is 4.22. The van der Waals surface area contributed by atoms with Crippen LogP contribution in [0.4, 0.5) is 5.82 Å². The van der Waals surface area contributed by atoms with Crippen molar-refractivity contribution in [3.63, 3.8) is 0 Å². The third-order valence-electron chi connectivity index (χ3n) is 8.23. The van der Waals surface area contributed by atoms with Crippen molar-refractivity contribution in [1.82, 2.24) is 30.1 Å². The number of rotatable bonds is 10.